The predicted octanol–water partition coefficient (Wildman–Crippen LogP) is 0.779. The highest BCUT2D eigenvalue weighted by atomic mass is 32.2. The molecule has 0 aliphatic carbocycles. The highest BCUT2D eigenvalue weighted by Crippen LogP contribution is 2.17. The molecule has 5 heteroatoms. The van der Waals surface area contributed by atoms with Crippen LogP contribution in [0.5, 0.6) is 0 Å². The van der Waals surface area contributed by atoms with Crippen LogP contribution in [0, 0.1) is 5.92 Å². The molecule has 4 nitrogen and oxygen atoms in total. The van der Waals surface area contributed by atoms with E-state index in [0.29, 0.717) is 5.95 Å². The second-order valence-corrected chi connectivity index (χ2v) is 3.89. The molecule has 0 radical (unpaired) electrons. The minimum atomic E-state index is 0.202. The Hall–Kier alpha value is -0.810. The number of aromatic nitrogens is 2. The van der Waals surface area contributed by atoms with E-state index in [4.69, 9.17) is 10.8 Å². The summed E-state index contributed by atoms with van der Waals surface area (Å²) in [6.45, 7) is 2.19. The van der Waals surface area contributed by atoms with Crippen LogP contribution >= 0.6 is 11.8 Å². The fourth-order valence-electron chi connectivity index (χ4n) is 0.717. The van der Waals surface area contributed by atoms with Crippen LogP contribution in [0.2, 0.25) is 0 Å². The van der Waals surface area contributed by atoms with Crippen molar-refractivity contribution in [2.45, 2.75) is 11.9 Å². The van der Waals surface area contributed by atoms with E-state index in [2.05, 4.69) is 9.97 Å². The van der Waals surface area contributed by atoms with Gasteiger partial charge in [-0.25, -0.2) is 9.97 Å². The van der Waals surface area contributed by atoms with E-state index >= 15 is 0 Å². The third-order valence-corrected chi connectivity index (χ3v) is 2.73. The Balaban J connectivity index is 2.45. The van der Waals surface area contributed by atoms with Crippen molar-refractivity contribution in [3.05, 3.63) is 12.3 Å². The number of nitrogens with zero attached hydrogens (tertiary/aromatic N) is 2. The van der Waals surface area contributed by atoms with Crippen molar-refractivity contribution < 1.29 is 5.11 Å². The van der Waals surface area contributed by atoms with Gasteiger partial charge in [0.25, 0.3) is 0 Å². The smallest absolute Gasteiger partial charge is 0.221 e. The van der Waals surface area contributed by atoms with Crippen LogP contribution in [-0.2, 0) is 0 Å². The van der Waals surface area contributed by atoms with Gasteiger partial charge >= 0.3 is 0 Å². The van der Waals surface area contributed by atoms with Crippen LogP contribution in [0.3, 0.4) is 0 Å². The molecule has 1 aromatic heterocycles. The van der Waals surface area contributed by atoms with Gasteiger partial charge in [-0.2, -0.15) is 0 Å². The molecule has 0 bridgehead atoms. The fourth-order valence-corrected chi connectivity index (χ4v) is 1.59. The zero-order valence-corrected chi connectivity index (χ0v) is 8.29. The highest BCUT2D eigenvalue weighted by molar-refractivity contribution is 7.99. The average Bonchev–Trinajstić information content (AvgIpc) is 2.14. The lowest BCUT2D eigenvalue weighted by atomic mass is 10.2. The summed E-state index contributed by atoms with van der Waals surface area (Å²) in [4.78, 5) is 7.82. The van der Waals surface area contributed by atoms with Crippen molar-refractivity contribution in [3.8, 4) is 0 Å². The molecule has 0 aliphatic heterocycles. The van der Waals surface area contributed by atoms with Gasteiger partial charge in [0.2, 0.25) is 5.95 Å². The van der Waals surface area contributed by atoms with Gasteiger partial charge in [-0.1, -0.05) is 6.92 Å². The topological polar surface area (TPSA) is 72.0 Å². The monoisotopic (exact) mass is 199 g/mol. The van der Waals surface area contributed by atoms with E-state index in [1.807, 2.05) is 13.0 Å². The molecule has 13 heavy (non-hydrogen) atoms. The van der Waals surface area contributed by atoms with Gasteiger partial charge in [-0.3, -0.25) is 0 Å². The SMILES string of the molecule is CC(CO)CSc1ccnc(N)n1. The summed E-state index contributed by atoms with van der Waals surface area (Å²) in [5.41, 5.74) is 5.41. The van der Waals surface area contributed by atoms with Crippen molar-refractivity contribution in [1.29, 1.82) is 0 Å². The molecule has 0 aliphatic rings. The van der Waals surface area contributed by atoms with Gasteiger partial charge in [0.15, 0.2) is 0 Å². The Bertz CT molecular complexity index is 269. The van der Waals surface area contributed by atoms with Crippen molar-refractivity contribution in [3.63, 3.8) is 0 Å². The molecule has 1 heterocycles. The Morgan fingerprint density at radius 2 is 2.46 bits per heavy atom. The van der Waals surface area contributed by atoms with Gasteiger partial charge in [0, 0.05) is 18.6 Å². The number of aliphatic hydroxyl groups is 1. The molecular weight excluding hydrogens is 186 g/mol. The Morgan fingerprint density at radius 3 is 3.08 bits per heavy atom. The Kier molecular flexibility index (Phi) is 3.98. The number of hydrogen-bond acceptors (Lipinski definition) is 5. The van der Waals surface area contributed by atoms with Crippen LogP contribution in [0.4, 0.5) is 5.95 Å². The average molecular weight is 199 g/mol. The first-order chi connectivity index (χ1) is 6.22. The second kappa shape index (κ2) is 5.04. The van der Waals surface area contributed by atoms with Crippen LogP contribution in [0.15, 0.2) is 17.3 Å². The maximum Gasteiger partial charge on any atom is 0.221 e. The maximum atomic E-state index is 8.80. The summed E-state index contributed by atoms with van der Waals surface area (Å²) >= 11 is 1.58. The molecule has 0 amide bonds. The van der Waals surface area contributed by atoms with E-state index in [1.165, 1.54) is 0 Å². The highest BCUT2D eigenvalue weighted by Gasteiger charge is 2.02. The van der Waals surface area contributed by atoms with E-state index in [9.17, 15) is 0 Å². The molecule has 0 spiro atoms. The van der Waals surface area contributed by atoms with E-state index < -0.39 is 0 Å². The van der Waals surface area contributed by atoms with Crippen LogP contribution < -0.4 is 5.73 Å². The fraction of sp³-hybridized carbons (Fsp3) is 0.500. The zero-order chi connectivity index (χ0) is 9.68. The van der Waals surface area contributed by atoms with Crippen LogP contribution in [0.25, 0.3) is 0 Å². The number of hydrogen-bond donors (Lipinski definition) is 2. The summed E-state index contributed by atoms with van der Waals surface area (Å²) in [5, 5.41) is 9.65. The van der Waals surface area contributed by atoms with Gasteiger partial charge in [-0.15, -0.1) is 11.8 Å². The van der Waals surface area contributed by atoms with E-state index in [-0.39, 0.29) is 12.5 Å². The van der Waals surface area contributed by atoms with Crippen LogP contribution in [0.1, 0.15) is 6.92 Å². The molecule has 72 valence electrons. The predicted molar refractivity (Wildman–Crippen MR) is 53.4 cm³/mol. The molecule has 0 saturated carbocycles. The summed E-state index contributed by atoms with van der Waals surface area (Å²) in [5.74, 6) is 1.41. The summed E-state index contributed by atoms with van der Waals surface area (Å²) < 4.78 is 0. The molecule has 0 fully saturated rings. The third kappa shape index (κ3) is 3.61. The number of thioether (sulfide) groups is 1. The number of anilines is 1. The van der Waals surface area contributed by atoms with E-state index in [1.54, 1.807) is 18.0 Å². The minimum Gasteiger partial charge on any atom is -0.396 e. The molecule has 1 unspecified atom stereocenters. The van der Waals surface area contributed by atoms with Crippen molar-refractivity contribution in [1.82, 2.24) is 9.97 Å². The Labute approximate surface area is 81.6 Å². The summed E-state index contributed by atoms with van der Waals surface area (Å²) in [6, 6.07) is 1.81. The molecule has 3 N–H and O–H groups in total. The standard InChI is InChI=1S/C8H13N3OS/c1-6(4-12)5-13-7-2-3-10-8(9)11-7/h2-3,6,12H,4-5H2,1H3,(H2,9,10,11). The quantitative estimate of drug-likeness (QED) is 0.554. The van der Waals surface area contributed by atoms with Gasteiger partial charge < -0.3 is 10.8 Å². The van der Waals surface area contributed by atoms with Crippen molar-refractivity contribution in [2.75, 3.05) is 18.1 Å². The minimum absolute atomic E-state index is 0.202. The zero-order valence-electron chi connectivity index (χ0n) is 7.47. The lowest BCUT2D eigenvalue weighted by Crippen LogP contribution is -2.04. The number of aliphatic hydroxyl groups excluding tert-OH is 1. The van der Waals surface area contributed by atoms with Gasteiger partial charge in [0.05, 0.1) is 0 Å². The van der Waals surface area contributed by atoms with E-state index in [0.717, 1.165) is 10.8 Å². The first-order valence-electron chi connectivity index (χ1n) is 4.04. The molecule has 1 rings (SSSR count). The Morgan fingerprint density at radius 1 is 1.69 bits per heavy atom. The summed E-state index contributed by atoms with van der Waals surface area (Å²) in [6.07, 6.45) is 1.63. The maximum absolute atomic E-state index is 8.80. The molecule has 0 saturated heterocycles. The van der Waals surface area contributed by atoms with Crippen molar-refractivity contribution in [2.24, 2.45) is 5.92 Å². The molecule has 1 aromatic rings. The number of rotatable bonds is 4. The largest absolute Gasteiger partial charge is 0.396 e. The number of nitrogen functional groups attached to an aromatic ring is 1. The molecular formula is C8H13N3OS. The second-order valence-electron chi connectivity index (χ2n) is 2.85. The van der Waals surface area contributed by atoms with Gasteiger partial charge in [-0.05, 0) is 12.0 Å². The first-order valence-corrected chi connectivity index (χ1v) is 5.03. The number of nitrogens with two attached hydrogens (primary N) is 1. The molecule has 0 aromatic carbocycles. The normalized spacial score (nSPS) is 12.8. The first kappa shape index (κ1) is 10.3. The molecule has 1 atom stereocenters. The van der Waals surface area contributed by atoms with Gasteiger partial charge in [0.1, 0.15) is 5.03 Å². The van der Waals surface area contributed by atoms with Crippen LogP contribution in [-0.4, -0.2) is 27.4 Å². The summed E-state index contributed by atoms with van der Waals surface area (Å²) in [7, 11) is 0. The lowest BCUT2D eigenvalue weighted by Gasteiger charge is -2.05. The van der Waals surface area contributed by atoms with Crippen molar-refractivity contribution >= 4 is 17.7 Å². The lowest BCUT2D eigenvalue weighted by molar-refractivity contribution is 0.250. The third-order valence-electron chi connectivity index (χ3n) is 1.48.